The molecule has 3 N–H and O–H groups in total. The molecular weight excluding hydrogens is 246 g/mol. The molecule has 2 aromatic rings. The molecule has 0 aliphatic carbocycles. The summed E-state index contributed by atoms with van der Waals surface area (Å²) in [5.41, 5.74) is 8.43. The molecule has 2 rings (SSSR count). The van der Waals surface area contributed by atoms with Crippen LogP contribution in [0.25, 0.3) is 10.9 Å². The SMILES string of the molecule is CS(=O)CCCNc1c(N)cnc2ccccc12. The van der Waals surface area contributed by atoms with Crippen molar-refractivity contribution in [2.45, 2.75) is 6.42 Å². The quantitative estimate of drug-likeness (QED) is 0.810. The Bertz CT molecular complexity index is 571. The van der Waals surface area contributed by atoms with Crippen molar-refractivity contribution in [1.29, 1.82) is 0 Å². The van der Waals surface area contributed by atoms with E-state index in [1.54, 1.807) is 12.5 Å². The van der Waals surface area contributed by atoms with Crippen LogP contribution in [0.5, 0.6) is 0 Å². The molecule has 0 saturated heterocycles. The zero-order valence-electron chi connectivity index (χ0n) is 10.3. The highest BCUT2D eigenvalue weighted by Gasteiger charge is 2.05. The zero-order valence-corrected chi connectivity index (χ0v) is 11.2. The number of nitrogens with one attached hydrogen (secondary N) is 1. The van der Waals surface area contributed by atoms with Crippen LogP contribution in [-0.4, -0.2) is 27.7 Å². The van der Waals surface area contributed by atoms with Crippen LogP contribution in [0.2, 0.25) is 0 Å². The summed E-state index contributed by atoms with van der Waals surface area (Å²) in [7, 11) is -0.740. The third kappa shape index (κ3) is 2.98. The van der Waals surface area contributed by atoms with E-state index in [0.29, 0.717) is 11.4 Å². The minimum Gasteiger partial charge on any atom is -0.396 e. The summed E-state index contributed by atoms with van der Waals surface area (Å²) in [5.74, 6) is 0.704. The van der Waals surface area contributed by atoms with Crippen molar-refractivity contribution in [2.75, 3.05) is 29.6 Å². The number of hydrogen-bond donors (Lipinski definition) is 2. The highest BCUT2D eigenvalue weighted by molar-refractivity contribution is 7.84. The summed E-state index contributed by atoms with van der Waals surface area (Å²) in [6.45, 7) is 0.762. The normalized spacial score (nSPS) is 12.5. The van der Waals surface area contributed by atoms with Gasteiger partial charge in [-0.25, -0.2) is 0 Å². The first-order valence-electron chi connectivity index (χ1n) is 5.85. The molecule has 1 aromatic carbocycles. The molecule has 1 unspecified atom stereocenters. The average Bonchev–Trinajstić information content (AvgIpc) is 2.36. The Balaban J connectivity index is 2.16. The Morgan fingerprint density at radius 3 is 2.94 bits per heavy atom. The molecule has 96 valence electrons. The van der Waals surface area contributed by atoms with Gasteiger partial charge in [0.25, 0.3) is 0 Å². The van der Waals surface area contributed by atoms with Crippen LogP contribution in [0.1, 0.15) is 6.42 Å². The zero-order chi connectivity index (χ0) is 13.0. The first kappa shape index (κ1) is 12.8. The lowest BCUT2D eigenvalue weighted by atomic mass is 10.1. The predicted molar refractivity (Wildman–Crippen MR) is 78.2 cm³/mol. The van der Waals surface area contributed by atoms with Crippen LogP contribution < -0.4 is 11.1 Å². The Morgan fingerprint density at radius 2 is 2.17 bits per heavy atom. The van der Waals surface area contributed by atoms with Crippen molar-refractivity contribution >= 4 is 33.1 Å². The molecule has 4 nitrogen and oxygen atoms in total. The Morgan fingerprint density at radius 1 is 1.39 bits per heavy atom. The second-order valence-corrected chi connectivity index (χ2v) is 5.72. The summed E-state index contributed by atoms with van der Waals surface area (Å²) in [6, 6.07) is 7.88. The maximum Gasteiger partial charge on any atom is 0.0743 e. The maximum absolute atomic E-state index is 11.0. The lowest BCUT2D eigenvalue weighted by molar-refractivity contribution is 0.685. The number of aromatic nitrogens is 1. The van der Waals surface area contributed by atoms with E-state index in [1.165, 1.54) is 0 Å². The van der Waals surface area contributed by atoms with Gasteiger partial charge < -0.3 is 11.1 Å². The third-order valence-corrected chi connectivity index (χ3v) is 3.58. The number of rotatable bonds is 5. The lowest BCUT2D eigenvalue weighted by Gasteiger charge is -2.11. The van der Waals surface area contributed by atoms with E-state index in [4.69, 9.17) is 5.73 Å². The second-order valence-electron chi connectivity index (χ2n) is 4.16. The first-order valence-corrected chi connectivity index (χ1v) is 7.58. The number of nitrogens with zero attached hydrogens (tertiary/aromatic N) is 1. The number of benzene rings is 1. The molecule has 0 spiro atoms. The van der Waals surface area contributed by atoms with E-state index >= 15 is 0 Å². The minimum absolute atomic E-state index is 0.645. The molecule has 0 radical (unpaired) electrons. The van der Waals surface area contributed by atoms with Gasteiger partial charge in [0.2, 0.25) is 0 Å². The van der Waals surface area contributed by atoms with Gasteiger partial charge in [-0.2, -0.15) is 0 Å². The summed E-state index contributed by atoms with van der Waals surface area (Å²) in [6.07, 6.45) is 4.25. The molecule has 0 saturated carbocycles. The fourth-order valence-electron chi connectivity index (χ4n) is 1.84. The largest absolute Gasteiger partial charge is 0.396 e. The van der Waals surface area contributed by atoms with Crippen molar-refractivity contribution < 1.29 is 4.21 Å². The molecular formula is C13H17N3OS. The summed E-state index contributed by atoms with van der Waals surface area (Å²) in [5, 5.41) is 4.34. The van der Waals surface area contributed by atoms with Crippen LogP contribution in [0, 0.1) is 0 Å². The van der Waals surface area contributed by atoms with E-state index < -0.39 is 10.8 Å². The Hall–Kier alpha value is -1.62. The monoisotopic (exact) mass is 263 g/mol. The van der Waals surface area contributed by atoms with Crippen LogP contribution in [0.4, 0.5) is 11.4 Å². The molecule has 1 atom stereocenters. The highest BCUT2D eigenvalue weighted by Crippen LogP contribution is 2.27. The number of hydrogen-bond acceptors (Lipinski definition) is 4. The number of nitrogens with two attached hydrogens (primary N) is 1. The molecule has 0 aliphatic rings. The predicted octanol–water partition coefficient (Wildman–Crippen LogP) is 2.00. The summed E-state index contributed by atoms with van der Waals surface area (Å²) >= 11 is 0. The van der Waals surface area contributed by atoms with E-state index in [1.807, 2.05) is 24.3 Å². The molecule has 0 bridgehead atoms. The van der Waals surface area contributed by atoms with Crippen LogP contribution >= 0.6 is 0 Å². The van der Waals surface area contributed by atoms with Gasteiger partial charge in [0.1, 0.15) is 0 Å². The number of nitrogen functional groups attached to an aromatic ring is 1. The standard InChI is InChI=1S/C13H17N3OS/c1-18(17)8-4-7-15-13-10-5-2-3-6-12(10)16-9-11(13)14/h2-3,5-6,9H,4,7-8,14H2,1H3,(H,15,16). The van der Waals surface area contributed by atoms with Crippen LogP contribution in [-0.2, 0) is 10.8 Å². The van der Waals surface area contributed by atoms with Crippen molar-refractivity contribution in [2.24, 2.45) is 0 Å². The van der Waals surface area contributed by atoms with Crippen molar-refractivity contribution in [3.8, 4) is 0 Å². The number of anilines is 2. The van der Waals surface area contributed by atoms with Crippen molar-refractivity contribution in [3.63, 3.8) is 0 Å². The van der Waals surface area contributed by atoms with Gasteiger partial charge in [-0.15, -0.1) is 0 Å². The summed E-state index contributed by atoms with van der Waals surface area (Å²) in [4.78, 5) is 4.28. The van der Waals surface area contributed by atoms with E-state index in [0.717, 1.165) is 29.6 Å². The van der Waals surface area contributed by atoms with Gasteiger partial charge in [-0.05, 0) is 12.5 Å². The van der Waals surface area contributed by atoms with Crippen LogP contribution in [0.3, 0.4) is 0 Å². The van der Waals surface area contributed by atoms with E-state index in [2.05, 4.69) is 10.3 Å². The topological polar surface area (TPSA) is 68.0 Å². The number of para-hydroxylation sites is 1. The van der Waals surface area contributed by atoms with E-state index in [-0.39, 0.29) is 0 Å². The molecule has 0 aliphatic heterocycles. The molecule has 0 amide bonds. The van der Waals surface area contributed by atoms with Crippen molar-refractivity contribution in [1.82, 2.24) is 4.98 Å². The van der Waals surface area contributed by atoms with E-state index in [9.17, 15) is 4.21 Å². The fraction of sp³-hybridized carbons (Fsp3) is 0.308. The van der Waals surface area contributed by atoms with Gasteiger partial charge in [-0.1, -0.05) is 18.2 Å². The third-order valence-electron chi connectivity index (χ3n) is 2.72. The minimum atomic E-state index is -0.740. The Labute approximate surface area is 109 Å². The Kier molecular flexibility index (Phi) is 4.15. The maximum atomic E-state index is 11.0. The molecule has 1 aromatic heterocycles. The van der Waals surface area contributed by atoms with Crippen LogP contribution in [0.15, 0.2) is 30.5 Å². The average molecular weight is 263 g/mol. The molecule has 1 heterocycles. The van der Waals surface area contributed by atoms with Gasteiger partial charge in [0.05, 0.1) is 23.1 Å². The number of pyridine rings is 1. The lowest BCUT2D eigenvalue weighted by Crippen LogP contribution is -2.08. The smallest absolute Gasteiger partial charge is 0.0743 e. The van der Waals surface area contributed by atoms with Gasteiger partial charge in [0, 0.05) is 34.7 Å². The van der Waals surface area contributed by atoms with Crippen molar-refractivity contribution in [3.05, 3.63) is 30.5 Å². The highest BCUT2D eigenvalue weighted by atomic mass is 32.2. The van der Waals surface area contributed by atoms with Gasteiger partial charge in [0.15, 0.2) is 0 Å². The second kappa shape index (κ2) is 5.82. The fourth-order valence-corrected chi connectivity index (χ4v) is 2.39. The summed E-state index contributed by atoms with van der Waals surface area (Å²) < 4.78 is 11.0. The van der Waals surface area contributed by atoms with Gasteiger partial charge in [-0.3, -0.25) is 9.19 Å². The molecule has 0 fully saturated rings. The number of fused-ring (bicyclic) bond motifs is 1. The molecule has 18 heavy (non-hydrogen) atoms. The first-order chi connectivity index (χ1) is 8.68. The van der Waals surface area contributed by atoms with Gasteiger partial charge >= 0.3 is 0 Å². The molecule has 5 heteroatoms.